The second kappa shape index (κ2) is 3.51. The van der Waals surface area contributed by atoms with Crippen LogP contribution in [0.1, 0.15) is 32.1 Å². The first-order valence-corrected chi connectivity index (χ1v) is 5.17. The Morgan fingerprint density at radius 2 is 2.07 bits per heavy atom. The Balaban J connectivity index is 2.16. The number of carbonyl (C=O) groups is 1. The summed E-state index contributed by atoms with van der Waals surface area (Å²) < 4.78 is 10.8. The highest BCUT2D eigenvalue weighted by Gasteiger charge is 2.51. The lowest BCUT2D eigenvalue weighted by molar-refractivity contribution is -0.195. The number of amides is 1. The van der Waals surface area contributed by atoms with Crippen molar-refractivity contribution >= 4 is 5.91 Å². The molecule has 1 aliphatic heterocycles. The number of carbonyl (C=O) groups excluding carboxylic acids is 1. The van der Waals surface area contributed by atoms with Gasteiger partial charge in [-0.1, -0.05) is 19.3 Å². The third-order valence-electron chi connectivity index (χ3n) is 3.22. The number of ether oxygens (including phenoxy) is 2. The Morgan fingerprint density at radius 3 is 2.57 bits per heavy atom. The summed E-state index contributed by atoms with van der Waals surface area (Å²) in [6.45, 7) is 0. The number of hydrogen-bond acceptors (Lipinski definition) is 3. The fourth-order valence-electron chi connectivity index (χ4n) is 2.40. The summed E-state index contributed by atoms with van der Waals surface area (Å²) in [4.78, 5) is 13.5. The Hall–Kier alpha value is -0.610. The summed E-state index contributed by atoms with van der Waals surface area (Å²) in [5.41, 5.74) is -0.562. The molecule has 0 radical (unpaired) electrons. The van der Waals surface area contributed by atoms with Crippen LogP contribution in [0.15, 0.2) is 0 Å². The topological polar surface area (TPSA) is 38.8 Å². The first kappa shape index (κ1) is 9.93. The van der Waals surface area contributed by atoms with Gasteiger partial charge in [0.25, 0.3) is 5.91 Å². The van der Waals surface area contributed by atoms with Crippen LogP contribution in [0.3, 0.4) is 0 Å². The van der Waals surface area contributed by atoms with E-state index in [9.17, 15) is 4.79 Å². The van der Waals surface area contributed by atoms with Gasteiger partial charge in [0.15, 0.2) is 5.60 Å². The Labute approximate surface area is 84.2 Å². The van der Waals surface area contributed by atoms with Crippen molar-refractivity contribution in [1.82, 2.24) is 4.90 Å². The third-order valence-corrected chi connectivity index (χ3v) is 3.22. The van der Waals surface area contributed by atoms with E-state index in [2.05, 4.69) is 0 Å². The zero-order valence-electron chi connectivity index (χ0n) is 8.78. The molecule has 1 saturated carbocycles. The van der Waals surface area contributed by atoms with Gasteiger partial charge in [-0.25, -0.2) is 0 Å². The molecule has 2 rings (SSSR count). The molecule has 2 aliphatic rings. The number of rotatable bonds is 1. The molecule has 4 heteroatoms. The van der Waals surface area contributed by atoms with Gasteiger partial charge >= 0.3 is 0 Å². The Kier molecular flexibility index (Phi) is 2.49. The van der Waals surface area contributed by atoms with Crippen LogP contribution >= 0.6 is 0 Å². The lowest BCUT2D eigenvalue weighted by Gasteiger charge is -2.29. The molecule has 1 aliphatic carbocycles. The molecule has 0 bridgehead atoms. The molecule has 0 aromatic heterocycles. The van der Waals surface area contributed by atoms with Crippen LogP contribution in [0.2, 0.25) is 0 Å². The maximum absolute atomic E-state index is 12.0. The maximum Gasteiger partial charge on any atom is 0.258 e. The van der Waals surface area contributed by atoms with E-state index in [1.54, 1.807) is 19.1 Å². The fourth-order valence-corrected chi connectivity index (χ4v) is 2.40. The quantitative estimate of drug-likeness (QED) is 0.635. The third kappa shape index (κ3) is 1.33. The summed E-state index contributed by atoms with van der Waals surface area (Å²) in [5, 5.41) is 0. The van der Waals surface area contributed by atoms with E-state index >= 15 is 0 Å². The molecule has 2 fully saturated rings. The fraction of sp³-hybridized carbons (Fsp3) is 0.900. The van der Waals surface area contributed by atoms with E-state index < -0.39 is 12.0 Å². The summed E-state index contributed by atoms with van der Waals surface area (Å²) >= 11 is 0. The molecule has 1 spiro atoms. The minimum atomic E-state index is -0.562. The van der Waals surface area contributed by atoms with Gasteiger partial charge < -0.3 is 9.47 Å². The highest BCUT2D eigenvalue weighted by molar-refractivity contribution is 5.86. The Morgan fingerprint density at radius 1 is 1.43 bits per heavy atom. The lowest BCUT2D eigenvalue weighted by atomic mass is 9.84. The van der Waals surface area contributed by atoms with E-state index in [4.69, 9.17) is 9.47 Å². The van der Waals surface area contributed by atoms with Crippen molar-refractivity contribution in [2.45, 2.75) is 44.1 Å². The highest BCUT2D eigenvalue weighted by Crippen LogP contribution is 2.39. The normalized spacial score (nSPS) is 31.4. The summed E-state index contributed by atoms with van der Waals surface area (Å²) in [5.74, 6) is 0.0871. The number of likely N-dealkylation sites (N-methyl/N-ethyl adjacent to an activating group) is 1. The summed E-state index contributed by atoms with van der Waals surface area (Å²) in [7, 11) is 3.30. The van der Waals surface area contributed by atoms with Crippen LogP contribution in [0, 0.1) is 0 Å². The standard InChI is InChI=1S/C10H17NO3/c1-11-8(12)10(14-9(11)13-2)6-4-3-5-7-10/h9H,3-7H2,1-2H3. The van der Waals surface area contributed by atoms with E-state index in [-0.39, 0.29) is 5.91 Å². The van der Waals surface area contributed by atoms with Gasteiger partial charge in [-0.15, -0.1) is 0 Å². The van der Waals surface area contributed by atoms with Gasteiger partial charge in [-0.2, -0.15) is 0 Å². The molecular formula is C10H17NO3. The molecule has 14 heavy (non-hydrogen) atoms. The zero-order valence-corrected chi connectivity index (χ0v) is 8.78. The smallest absolute Gasteiger partial charge is 0.258 e. The average Bonchev–Trinajstić information content (AvgIpc) is 2.45. The largest absolute Gasteiger partial charge is 0.338 e. The van der Waals surface area contributed by atoms with Gasteiger partial charge in [0.2, 0.25) is 6.41 Å². The second-order valence-electron chi connectivity index (χ2n) is 4.13. The first-order chi connectivity index (χ1) is 6.69. The van der Waals surface area contributed by atoms with Crippen LogP contribution in [0.4, 0.5) is 0 Å². The minimum absolute atomic E-state index is 0.0871. The van der Waals surface area contributed by atoms with Crippen molar-refractivity contribution < 1.29 is 14.3 Å². The van der Waals surface area contributed by atoms with Crippen molar-refractivity contribution in [3.8, 4) is 0 Å². The monoisotopic (exact) mass is 199 g/mol. The van der Waals surface area contributed by atoms with E-state index in [0.717, 1.165) is 25.7 Å². The predicted octanol–water partition coefficient (Wildman–Crippen LogP) is 1.11. The molecule has 0 aromatic rings. The molecule has 1 unspecified atom stereocenters. The van der Waals surface area contributed by atoms with Crippen LogP contribution in [0.5, 0.6) is 0 Å². The molecule has 1 amide bonds. The van der Waals surface area contributed by atoms with Gasteiger partial charge in [-0.05, 0) is 12.8 Å². The predicted molar refractivity (Wildman–Crippen MR) is 50.5 cm³/mol. The SMILES string of the molecule is COC1OC2(CCCCC2)C(=O)N1C. The second-order valence-corrected chi connectivity index (χ2v) is 4.13. The minimum Gasteiger partial charge on any atom is -0.338 e. The van der Waals surface area contributed by atoms with Crippen molar-refractivity contribution in [2.75, 3.05) is 14.2 Å². The maximum atomic E-state index is 12.0. The van der Waals surface area contributed by atoms with Gasteiger partial charge in [0, 0.05) is 14.2 Å². The van der Waals surface area contributed by atoms with Crippen LogP contribution in [-0.4, -0.2) is 37.0 Å². The summed E-state index contributed by atoms with van der Waals surface area (Å²) in [6.07, 6.45) is 4.57. The van der Waals surface area contributed by atoms with Crippen molar-refractivity contribution in [3.63, 3.8) is 0 Å². The number of nitrogens with zero attached hydrogens (tertiary/aromatic N) is 1. The molecule has 4 nitrogen and oxygen atoms in total. The molecule has 0 N–H and O–H groups in total. The van der Waals surface area contributed by atoms with Crippen molar-refractivity contribution in [2.24, 2.45) is 0 Å². The van der Waals surface area contributed by atoms with E-state index in [1.165, 1.54) is 6.42 Å². The van der Waals surface area contributed by atoms with Gasteiger partial charge in [0.1, 0.15) is 0 Å². The molecule has 1 saturated heterocycles. The highest BCUT2D eigenvalue weighted by atomic mass is 16.7. The number of methoxy groups -OCH3 is 1. The van der Waals surface area contributed by atoms with Crippen LogP contribution in [0.25, 0.3) is 0 Å². The van der Waals surface area contributed by atoms with Gasteiger partial charge in [0.05, 0.1) is 0 Å². The van der Waals surface area contributed by atoms with Crippen LogP contribution in [-0.2, 0) is 14.3 Å². The molecule has 0 aromatic carbocycles. The molecule has 1 atom stereocenters. The zero-order chi connectivity index (χ0) is 10.2. The Bertz CT molecular complexity index is 236. The van der Waals surface area contributed by atoms with Crippen molar-refractivity contribution in [3.05, 3.63) is 0 Å². The molecular weight excluding hydrogens is 182 g/mol. The molecule has 80 valence electrons. The average molecular weight is 199 g/mol. The van der Waals surface area contributed by atoms with Crippen molar-refractivity contribution in [1.29, 1.82) is 0 Å². The lowest BCUT2D eigenvalue weighted by Crippen LogP contribution is -2.41. The molecule has 1 heterocycles. The van der Waals surface area contributed by atoms with E-state index in [0.29, 0.717) is 0 Å². The van der Waals surface area contributed by atoms with E-state index in [1.807, 2.05) is 0 Å². The summed E-state index contributed by atoms with van der Waals surface area (Å²) in [6, 6.07) is 0. The van der Waals surface area contributed by atoms with Gasteiger partial charge in [-0.3, -0.25) is 9.69 Å². The number of hydrogen-bond donors (Lipinski definition) is 0. The first-order valence-electron chi connectivity index (χ1n) is 5.17. The van der Waals surface area contributed by atoms with Crippen LogP contribution < -0.4 is 0 Å².